The summed E-state index contributed by atoms with van der Waals surface area (Å²) in [4.78, 5) is 23.1. The second-order valence-corrected chi connectivity index (χ2v) is 9.36. The summed E-state index contributed by atoms with van der Waals surface area (Å²) in [5.41, 5.74) is 0.667. The van der Waals surface area contributed by atoms with Gasteiger partial charge in [-0.15, -0.1) is 0 Å². The molecule has 0 heterocycles. The van der Waals surface area contributed by atoms with Gasteiger partial charge >= 0.3 is 12.0 Å². The van der Waals surface area contributed by atoms with Gasteiger partial charge in [0.1, 0.15) is 9.84 Å². The molecule has 1 unspecified atom stereocenters. The summed E-state index contributed by atoms with van der Waals surface area (Å²) in [6, 6.07) is 8.84. The second kappa shape index (κ2) is 8.53. The van der Waals surface area contributed by atoms with Gasteiger partial charge in [-0.25, -0.2) is 13.2 Å². The van der Waals surface area contributed by atoms with E-state index >= 15 is 0 Å². The van der Waals surface area contributed by atoms with E-state index < -0.39 is 21.8 Å². The van der Waals surface area contributed by atoms with Crippen LogP contribution in [0.2, 0.25) is 0 Å². The minimum absolute atomic E-state index is 0.0319. The van der Waals surface area contributed by atoms with Crippen LogP contribution in [0.4, 0.5) is 4.79 Å². The highest BCUT2D eigenvalue weighted by atomic mass is 32.2. The fourth-order valence-corrected chi connectivity index (χ4v) is 4.53. The van der Waals surface area contributed by atoms with Crippen molar-refractivity contribution in [2.24, 2.45) is 5.41 Å². The molecular formula is C18H26N2O5S. The van der Waals surface area contributed by atoms with Crippen LogP contribution in [-0.2, 0) is 21.1 Å². The van der Waals surface area contributed by atoms with E-state index in [1.807, 2.05) is 30.3 Å². The van der Waals surface area contributed by atoms with E-state index in [9.17, 15) is 18.0 Å². The van der Waals surface area contributed by atoms with Crippen LogP contribution in [0.1, 0.15) is 31.2 Å². The van der Waals surface area contributed by atoms with Crippen molar-refractivity contribution in [1.82, 2.24) is 10.6 Å². The van der Waals surface area contributed by atoms with Crippen LogP contribution in [0.3, 0.4) is 0 Å². The molecule has 144 valence electrons. The molecule has 1 fully saturated rings. The first kappa shape index (κ1) is 20.2. The molecule has 3 N–H and O–H groups in total. The lowest BCUT2D eigenvalue weighted by Crippen LogP contribution is -2.45. The summed E-state index contributed by atoms with van der Waals surface area (Å²) in [7, 11) is -3.09. The molecule has 0 radical (unpaired) electrons. The van der Waals surface area contributed by atoms with Crippen LogP contribution in [-0.4, -0.2) is 50.1 Å². The van der Waals surface area contributed by atoms with E-state index in [-0.39, 0.29) is 23.6 Å². The third-order valence-electron chi connectivity index (χ3n) is 4.52. The molecule has 1 atom stereocenters. The Morgan fingerprint density at radius 2 is 1.88 bits per heavy atom. The maximum atomic E-state index is 12.2. The van der Waals surface area contributed by atoms with Crippen LogP contribution < -0.4 is 10.6 Å². The van der Waals surface area contributed by atoms with Gasteiger partial charge < -0.3 is 15.7 Å². The monoisotopic (exact) mass is 382 g/mol. The average molecular weight is 382 g/mol. The van der Waals surface area contributed by atoms with Crippen LogP contribution in [0.15, 0.2) is 30.3 Å². The molecule has 1 aromatic carbocycles. The number of carbonyl (C=O) groups is 2. The third kappa shape index (κ3) is 7.43. The number of hydrogen-bond acceptors (Lipinski definition) is 4. The maximum absolute atomic E-state index is 12.2. The number of benzene rings is 1. The topological polar surface area (TPSA) is 113 Å². The predicted molar refractivity (Wildman–Crippen MR) is 98.7 cm³/mol. The SMILES string of the molecule is CS(=O)(=O)CC1(CNC(=O)NC(CCC(=O)O)Cc2ccccc2)CC1. The molecule has 0 aliphatic heterocycles. The van der Waals surface area contributed by atoms with Gasteiger partial charge in [0, 0.05) is 30.7 Å². The lowest BCUT2D eigenvalue weighted by molar-refractivity contribution is -0.137. The van der Waals surface area contributed by atoms with Gasteiger partial charge in [-0.3, -0.25) is 4.79 Å². The molecule has 0 spiro atoms. The molecule has 7 nitrogen and oxygen atoms in total. The van der Waals surface area contributed by atoms with Crippen LogP contribution in [0, 0.1) is 5.41 Å². The number of rotatable bonds is 10. The molecule has 1 aromatic rings. The van der Waals surface area contributed by atoms with Crippen LogP contribution >= 0.6 is 0 Å². The first-order valence-electron chi connectivity index (χ1n) is 8.65. The van der Waals surface area contributed by atoms with Crippen LogP contribution in [0.5, 0.6) is 0 Å². The highest BCUT2D eigenvalue weighted by molar-refractivity contribution is 7.90. The Bertz CT molecular complexity index is 729. The summed E-state index contributed by atoms with van der Waals surface area (Å²) < 4.78 is 23.0. The summed E-state index contributed by atoms with van der Waals surface area (Å²) in [5, 5.41) is 14.5. The van der Waals surface area contributed by atoms with Gasteiger partial charge in [0.05, 0.1) is 5.75 Å². The van der Waals surface area contributed by atoms with Crippen molar-refractivity contribution in [3.05, 3.63) is 35.9 Å². The van der Waals surface area contributed by atoms with Crippen molar-refractivity contribution in [2.75, 3.05) is 18.6 Å². The van der Waals surface area contributed by atoms with E-state index in [2.05, 4.69) is 10.6 Å². The number of nitrogens with one attached hydrogen (secondary N) is 2. The molecule has 26 heavy (non-hydrogen) atoms. The number of hydrogen-bond donors (Lipinski definition) is 3. The molecule has 2 amide bonds. The van der Waals surface area contributed by atoms with Crippen LogP contribution in [0.25, 0.3) is 0 Å². The largest absolute Gasteiger partial charge is 0.481 e. The van der Waals surface area contributed by atoms with Crippen molar-refractivity contribution >= 4 is 21.8 Å². The van der Waals surface area contributed by atoms with Crippen molar-refractivity contribution in [1.29, 1.82) is 0 Å². The Balaban J connectivity index is 1.87. The van der Waals surface area contributed by atoms with Crippen molar-refractivity contribution in [3.63, 3.8) is 0 Å². The van der Waals surface area contributed by atoms with Gasteiger partial charge in [-0.1, -0.05) is 30.3 Å². The highest BCUT2D eigenvalue weighted by Gasteiger charge is 2.45. The molecule has 8 heteroatoms. The standard InChI is InChI=1S/C18H26N2O5S/c1-26(24,25)13-18(9-10-18)12-19-17(23)20-15(7-8-16(21)22)11-14-5-3-2-4-6-14/h2-6,15H,7-13H2,1H3,(H,21,22)(H2,19,20,23). The highest BCUT2D eigenvalue weighted by Crippen LogP contribution is 2.45. The van der Waals surface area contributed by atoms with Gasteiger partial charge in [-0.05, 0) is 31.2 Å². The number of carbonyl (C=O) groups excluding carboxylic acids is 1. The number of aliphatic carboxylic acids is 1. The minimum atomic E-state index is -3.09. The molecule has 1 saturated carbocycles. The minimum Gasteiger partial charge on any atom is -0.481 e. The fraction of sp³-hybridized carbons (Fsp3) is 0.556. The Hall–Kier alpha value is -2.09. The summed E-state index contributed by atoms with van der Waals surface area (Å²) >= 11 is 0. The first-order valence-corrected chi connectivity index (χ1v) is 10.7. The molecule has 1 aliphatic rings. The Morgan fingerprint density at radius 3 is 2.42 bits per heavy atom. The van der Waals surface area contributed by atoms with Crippen molar-refractivity contribution in [2.45, 2.75) is 38.1 Å². The molecule has 0 bridgehead atoms. The second-order valence-electron chi connectivity index (χ2n) is 7.22. The Morgan fingerprint density at radius 1 is 1.23 bits per heavy atom. The zero-order valence-corrected chi connectivity index (χ0v) is 15.7. The average Bonchev–Trinajstić information content (AvgIpc) is 3.29. The number of carboxylic acids is 1. The summed E-state index contributed by atoms with van der Waals surface area (Å²) in [5.74, 6) is -0.831. The van der Waals surface area contributed by atoms with E-state index in [0.717, 1.165) is 18.4 Å². The lowest BCUT2D eigenvalue weighted by atomic mass is 10.0. The normalized spacial score (nSPS) is 16.5. The predicted octanol–water partition coefficient (Wildman–Crippen LogP) is 1.59. The smallest absolute Gasteiger partial charge is 0.315 e. The van der Waals surface area contributed by atoms with E-state index in [1.54, 1.807) is 0 Å². The number of sulfone groups is 1. The summed E-state index contributed by atoms with van der Waals surface area (Å²) in [6.07, 6.45) is 3.60. The Labute approximate surface area is 154 Å². The van der Waals surface area contributed by atoms with E-state index in [1.165, 1.54) is 6.26 Å². The molecule has 0 saturated heterocycles. The van der Waals surface area contributed by atoms with Crippen molar-refractivity contribution < 1.29 is 23.1 Å². The third-order valence-corrected chi connectivity index (χ3v) is 5.65. The zero-order chi connectivity index (χ0) is 19.2. The van der Waals surface area contributed by atoms with Gasteiger partial charge in [0.25, 0.3) is 0 Å². The van der Waals surface area contributed by atoms with Gasteiger partial charge in [-0.2, -0.15) is 0 Å². The quantitative estimate of drug-likeness (QED) is 0.569. The number of urea groups is 1. The van der Waals surface area contributed by atoms with Crippen molar-refractivity contribution in [3.8, 4) is 0 Å². The first-order chi connectivity index (χ1) is 12.2. The van der Waals surface area contributed by atoms with E-state index in [0.29, 0.717) is 19.4 Å². The van der Waals surface area contributed by atoms with E-state index in [4.69, 9.17) is 5.11 Å². The number of carboxylic acid groups (broad SMARTS) is 1. The molecule has 1 aliphatic carbocycles. The van der Waals surface area contributed by atoms with Gasteiger partial charge in [0.2, 0.25) is 0 Å². The molecule has 0 aromatic heterocycles. The zero-order valence-electron chi connectivity index (χ0n) is 14.9. The van der Waals surface area contributed by atoms with Gasteiger partial charge in [0.15, 0.2) is 0 Å². The Kier molecular flexibility index (Phi) is 6.63. The maximum Gasteiger partial charge on any atom is 0.315 e. The fourth-order valence-electron chi connectivity index (χ4n) is 3.03. The number of amides is 2. The lowest BCUT2D eigenvalue weighted by Gasteiger charge is -2.20. The summed E-state index contributed by atoms with van der Waals surface area (Å²) in [6.45, 7) is 0.308. The molecular weight excluding hydrogens is 356 g/mol. The molecule has 2 rings (SSSR count).